The highest BCUT2D eigenvalue weighted by Crippen LogP contribution is 2.15. The number of carbonyl (C=O) groups is 1. The molecular weight excluding hydrogens is 219 g/mol. The SMILES string of the molecule is CC(N)CNC(=O)c1ccc(F)c(Cl)c1. The van der Waals surface area contributed by atoms with Gasteiger partial charge in [-0.05, 0) is 25.1 Å². The highest BCUT2D eigenvalue weighted by atomic mass is 35.5. The van der Waals surface area contributed by atoms with Gasteiger partial charge in [0.2, 0.25) is 0 Å². The average molecular weight is 231 g/mol. The molecule has 1 unspecified atom stereocenters. The van der Waals surface area contributed by atoms with Gasteiger partial charge in [0, 0.05) is 18.2 Å². The number of amides is 1. The molecule has 1 atom stereocenters. The molecule has 0 radical (unpaired) electrons. The normalized spacial score (nSPS) is 12.3. The molecule has 1 amide bonds. The largest absolute Gasteiger partial charge is 0.350 e. The zero-order valence-electron chi connectivity index (χ0n) is 8.26. The molecule has 0 spiro atoms. The molecule has 0 aliphatic heterocycles. The second-order valence-electron chi connectivity index (χ2n) is 3.32. The van der Waals surface area contributed by atoms with Gasteiger partial charge < -0.3 is 11.1 Å². The molecule has 1 rings (SSSR count). The van der Waals surface area contributed by atoms with E-state index in [9.17, 15) is 9.18 Å². The van der Waals surface area contributed by atoms with Crippen molar-refractivity contribution in [1.29, 1.82) is 0 Å². The van der Waals surface area contributed by atoms with Crippen molar-refractivity contribution in [1.82, 2.24) is 5.32 Å². The Kier molecular flexibility index (Phi) is 4.05. The van der Waals surface area contributed by atoms with E-state index in [0.717, 1.165) is 6.07 Å². The summed E-state index contributed by atoms with van der Waals surface area (Å²) in [5, 5.41) is 2.53. The lowest BCUT2D eigenvalue weighted by Crippen LogP contribution is -2.35. The van der Waals surface area contributed by atoms with E-state index in [4.69, 9.17) is 17.3 Å². The molecule has 0 saturated carbocycles. The topological polar surface area (TPSA) is 55.1 Å². The molecule has 0 aliphatic carbocycles. The number of carbonyl (C=O) groups excluding carboxylic acids is 1. The molecule has 82 valence electrons. The van der Waals surface area contributed by atoms with Crippen molar-refractivity contribution in [3.63, 3.8) is 0 Å². The van der Waals surface area contributed by atoms with E-state index in [1.165, 1.54) is 12.1 Å². The minimum absolute atomic E-state index is 0.0663. The van der Waals surface area contributed by atoms with E-state index in [-0.39, 0.29) is 17.0 Å². The molecule has 0 fully saturated rings. The summed E-state index contributed by atoms with van der Waals surface area (Å²) in [4.78, 5) is 11.5. The van der Waals surface area contributed by atoms with Crippen LogP contribution in [0.1, 0.15) is 17.3 Å². The van der Waals surface area contributed by atoms with Crippen LogP contribution in [-0.4, -0.2) is 18.5 Å². The second-order valence-corrected chi connectivity index (χ2v) is 3.72. The summed E-state index contributed by atoms with van der Waals surface area (Å²) in [6.45, 7) is 2.14. The molecular formula is C10H12ClFN2O. The van der Waals surface area contributed by atoms with Gasteiger partial charge in [-0.25, -0.2) is 4.39 Å². The number of benzene rings is 1. The van der Waals surface area contributed by atoms with Crippen LogP contribution in [0.25, 0.3) is 0 Å². The summed E-state index contributed by atoms with van der Waals surface area (Å²) in [6.07, 6.45) is 0. The fourth-order valence-corrected chi connectivity index (χ4v) is 1.17. The zero-order chi connectivity index (χ0) is 11.4. The Labute approximate surface area is 92.4 Å². The van der Waals surface area contributed by atoms with Crippen LogP contribution in [0.15, 0.2) is 18.2 Å². The Morgan fingerprint density at radius 3 is 2.87 bits per heavy atom. The summed E-state index contributed by atoms with van der Waals surface area (Å²) >= 11 is 5.54. The van der Waals surface area contributed by atoms with Crippen LogP contribution in [0.5, 0.6) is 0 Å². The van der Waals surface area contributed by atoms with Crippen molar-refractivity contribution < 1.29 is 9.18 Å². The Bertz CT molecular complexity index is 368. The van der Waals surface area contributed by atoms with Gasteiger partial charge in [-0.3, -0.25) is 4.79 Å². The van der Waals surface area contributed by atoms with Gasteiger partial charge in [-0.1, -0.05) is 11.6 Å². The zero-order valence-corrected chi connectivity index (χ0v) is 9.01. The van der Waals surface area contributed by atoms with E-state index in [1.54, 1.807) is 6.92 Å². The van der Waals surface area contributed by atoms with Gasteiger partial charge >= 0.3 is 0 Å². The molecule has 5 heteroatoms. The molecule has 0 aromatic heterocycles. The summed E-state index contributed by atoms with van der Waals surface area (Å²) < 4.78 is 12.8. The lowest BCUT2D eigenvalue weighted by molar-refractivity contribution is 0.0951. The maximum Gasteiger partial charge on any atom is 0.251 e. The molecule has 1 aromatic carbocycles. The van der Waals surface area contributed by atoms with Crippen molar-refractivity contribution in [2.75, 3.05) is 6.54 Å². The highest BCUT2D eigenvalue weighted by molar-refractivity contribution is 6.31. The van der Waals surface area contributed by atoms with Gasteiger partial charge in [0.15, 0.2) is 0 Å². The van der Waals surface area contributed by atoms with Crippen LogP contribution in [0.4, 0.5) is 4.39 Å². The molecule has 1 aromatic rings. The molecule has 0 aliphatic rings. The first kappa shape index (κ1) is 11.9. The predicted molar refractivity (Wildman–Crippen MR) is 57.4 cm³/mol. The van der Waals surface area contributed by atoms with Crippen LogP contribution < -0.4 is 11.1 Å². The number of hydrogen-bond acceptors (Lipinski definition) is 2. The average Bonchev–Trinajstić information content (AvgIpc) is 2.18. The van der Waals surface area contributed by atoms with Crippen molar-refractivity contribution >= 4 is 17.5 Å². The van der Waals surface area contributed by atoms with Crippen LogP contribution in [0.3, 0.4) is 0 Å². The summed E-state index contributed by atoms with van der Waals surface area (Å²) in [5.41, 5.74) is 5.79. The fraction of sp³-hybridized carbons (Fsp3) is 0.300. The first-order valence-electron chi connectivity index (χ1n) is 4.49. The van der Waals surface area contributed by atoms with Gasteiger partial charge in [0.05, 0.1) is 5.02 Å². The van der Waals surface area contributed by atoms with Crippen molar-refractivity contribution in [3.8, 4) is 0 Å². The van der Waals surface area contributed by atoms with Crippen LogP contribution in [0, 0.1) is 5.82 Å². The minimum atomic E-state index is -0.541. The first-order valence-corrected chi connectivity index (χ1v) is 4.87. The second kappa shape index (κ2) is 5.09. The summed E-state index contributed by atoms with van der Waals surface area (Å²) in [6, 6.07) is 3.69. The summed E-state index contributed by atoms with van der Waals surface area (Å²) in [5.74, 6) is -0.852. The van der Waals surface area contributed by atoms with Gasteiger partial charge in [-0.15, -0.1) is 0 Å². The fourth-order valence-electron chi connectivity index (χ4n) is 0.993. The number of nitrogens with two attached hydrogens (primary N) is 1. The standard InChI is InChI=1S/C10H12ClFN2O/c1-6(13)5-14-10(15)7-2-3-9(12)8(11)4-7/h2-4,6H,5,13H2,1H3,(H,14,15). The third kappa shape index (κ3) is 3.49. The third-order valence-corrected chi connectivity index (χ3v) is 2.06. The van der Waals surface area contributed by atoms with Crippen LogP contribution in [0.2, 0.25) is 5.02 Å². The van der Waals surface area contributed by atoms with Crippen LogP contribution in [-0.2, 0) is 0 Å². The molecule has 15 heavy (non-hydrogen) atoms. The van der Waals surface area contributed by atoms with Crippen molar-refractivity contribution in [2.24, 2.45) is 5.73 Å². The van der Waals surface area contributed by atoms with E-state index in [1.807, 2.05) is 0 Å². The van der Waals surface area contributed by atoms with Crippen molar-refractivity contribution in [2.45, 2.75) is 13.0 Å². The number of nitrogens with one attached hydrogen (secondary N) is 1. The Balaban J connectivity index is 2.70. The number of rotatable bonds is 3. The molecule has 0 saturated heterocycles. The molecule has 0 bridgehead atoms. The Morgan fingerprint density at radius 2 is 2.33 bits per heavy atom. The van der Waals surface area contributed by atoms with Crippen molar-refractivity contribution in [3.05, 3.63) is 34.6 Å². The molecule has 3 nitrogen and oxygen atoms in total. The van der Waals surface area contributed by atoms with E-state index < -0.39 is 5.82 Å². The molecule has 3 N–H and O–H groups in total. The summed E-state index contributed by atoms with van der Waals surface area (Å²) in [7, 11) is 0. The predicted octanol–water partition coefficient (Wildman–Crippen LogP) is 1.56. The van der Waals surface area contributed by atoms with Gasteiger partial charge in [-0.2, -0.15) is 0 Å². The van der Waals surface area contributed by atoms with E-state index >= 15 is 0 Å². The maximum atomic E-state index is 12.8. The minimum Gasteiger partial charge on any atom is -0.350 e. The van der Waals surface area contributed by atoms with Gasteiger partial charge in [0.1, 0.15) is 5.82 Å². The first-order chi connectivity index (χ1) is 7.00. The Hall–Kier alpha value is -1.13. The monoisotopic (exact) mass is 230 g/mol. The quantitative estimate of drug-likeness (QED) is 0.828. The lowest BCUT2D eigenvalue weighted by atomic mass is 10.2. The van der Waals surface area contributed by atoms with Gasteiger partial charge in [0.25, 0.3) is 5.91 Å². The molecule has 0 heterocycles. The third-order valence-electron chi connectivity index (χ3n) is 1.77. The number of halogens is 2. The smallest absolute Gasteiger partial charge is 0.251 e. The van der Waals surface area contributed by atoms with E-state index in [2.05, 4.69) is 5.32 Å². The Morgan fingerprint density at radius 1 is 1.67 bits per heavy atom. The van der Waals surface area contributed by atoms with Crippen LogP contribution >= 0.6 is 11.6 Å². The maximum absolute atomic E-state index is 12.8. The highest BCUT2D eigenvalue weighted by Gasteiger charge is 2.08. The van der Waals surface area contributed by atoms with E-state index in [0.29, 0.717) is 12.1 Å². The lowest BCUT2D eigenvalue weighted by Gasteiger charge is -2.07. The number of hydrogen-bond donors (Lipinski definition) is 2.